The van der Waals surface area contributed by atoms with Crippen LogP contribution >= 0.6 is 0 Å². The molecule has 3 aromatic rings. The number of phenols is 1. The molecular formula is C26H27NO2. The van der Waals surface area contributed by atoms with Crippen molar-refractivity contribution in [3.63, 3.8) is 0 Å². The minimum absolute atomic E-state index is 0.160. The fourth-order valence-corrected chi connectivity index (χ4v) is 3.90. The second kappa shape index (κ2) is 9.08. The van der Waals surface area contributed by atoms with E-state index in [0.717, 1.165) is 41.8 Å². The maximum atomic E-state index is 9.78. The Kier molecular flexibility index (Phi) is 6.09. The summed E-state index contributed by atoms with van der Waals surface area (Å²) in [6.07, 6.45) is 1.49. The third kappa shape index (κ3) is 4.42. The van der Waals surface area contributed by atoms with Crippen molar-refractivity contribution in [2.45, 2.75) is 18.8 Å². The standard InChI is InChI=1S/C26H27NO2/c28-16-4-7-25(20-5-2-1-3-6-20)26(22-12-14-24(29)15-13-22)21-10-8-19(9-11-21)23-17-27-18-23/h1-3,5-6,8-15,23,27-29H,4,7,16-18H2/b26-25+. The predicted octanol–water partition coefficient (Wildman–Crippen LogP) is 4.81. The summed E-state index contributed by atoms with van der Waals surface area (Å²) in [6.45, 7) is 2.25. The van der Waals surface area contributed by atoms with Crippen LogP contribution in [0, 0.1) is 0 Å². The van der Waals surface area contributed by atoms with Gasteiger partial charge in [-0.2, -0.15) is 0 Å². The minimum atomic E-state index is 0.160. The molecule has 1 fully saturated rings. The van der Waals surface area contributed by atoms with Gasteiger partial charge in [0, 0.05) is 25.6 Å². The highest BCUT2D eigenvalue weighted by Gasteiger charge is 2.19. The third-order valence-corrected chi connectivity index (χ3v) is 5.62. The van der Waals surface area contributed by atoms with E-state index in [0.29, 0.717) is 12.3 Å². The molecule has 0 aromatic heterocycles. The van der Waals surface area contributed by atoms with E-state index < -0.39 is 0 Å². The van der Waals surface area contributed by atoms with Gasteiger partial charge in [0.1, 0.15) is 5.75 Å². The van der Waals surface area contributed by atoms with E-state index in [-0.39, 0.29) is 12.4 Å². The number of aliphatic hydroxyl groups excluding tert-OH is 1. The highest BCUT2D eigenvalue weighted by Crippen LogP contribution is 2.36. The predicted molar refractivity (Wildman–Crippen MR) is 119 cm³/mol. The fraction of sp³-hybridized carbons (Fsp3) is 0.231. The number of hydrogen-bond donors (Lipinski definition) is 3. The van der Waals surface area contributed by atoms with Gasteiger partial charge in [-0.25, -0.2) is 0 Å². The molecule has 1 aliphatic heterocycles. The molecule has 3 aromatic carbocycles. The lowest BCUT2D eigenvalue weighted by Gasteiger charge is -2.27. The smallest absolute Gasteiger partial charge is 0.115 e. The fourth-order valence-electron chi connectivity index (χ4n) is 3.90. The summed E-state index contributed by atoms with van der Waals surface area (Å²) < 4.78 is 0. The van der Waals surface area contributed by atoms with Gasteiger partial charge < -0.3 is 15.5 Å². The quantitative estimate of drug-likeness (QED) is 0.512. The average Bonchev–Trinajstić information content (AvgIpc) is 2.72. The molecule has 1 heterocycles. The van der Waals surface area contributed by atoms with Crippen LogP contribution in [-0.2, 0) is 0 Å². The van der Waals surface area contributed by atoms with Gasteiger partial charge in [0.2, 0.25) is 0 Å². The monoisotopic (exact) mass is 385 g/mol. The van der Waals surface area contributed by atoms with Gasteiger partial charge in [0.05, 0.1) is 0 Å². The molecule has 4 rings (SSSR count). The molecule has 0 amide bonds. The Morgan fingerprint density at radius 3 is 1.97 bits per heavy atom. The number of benzene rings is 3. The van der Waals surface area contributed by atoms with Crippen LogP contribution in [-0.4, -0.2) is 29.9 Å². The largest absolute Gasteiger partial charge is 0.508 e. The van der Waals surface area contributed by atoms with E-state index in [9.17, 15) is 10.2 Å². The Balaban J connectivity index is 1.85. The topological polar surface area (TPSA) is 52.5 Å². The van der Waals surface area contributed by atoms with Crippen molar-refractivity contribution in [2.75, 3.05) is 19.7 Å². The normalized spacial score (nSPS) is 14.9. The summed E-state index contributed by atoms with van der Waals surface area (Å²) in [7, 11) is 0. The Bertz CT molecular complexity index is 956. The molecule has 29 heavy (non-hydrogen) atoms. The van der Waals surface area contributed by atoms with Crippen molar-refractivity contribution in [1.82, 2.24) is 5.32 Å². The molecule has 0 saturated carbocycles. The van der Waals surface area contributed by atoms with Crippen molar-refractivity contribution in [3.8, 4) is 5.75 Å². The summed E-state index contributed by atoms with van der Waals surface area (Å²) in [6, 6.07) is 26.7. The molecule has 0 unspecified atom stereocenters. The van der Waals surface area contributed by atoms with Crippen molar-refractivity contribution in [1.29, 1.82) is 0 Å². The van der Waals surface area contributed by atoms with E-state index in [4.69, 9.17) is 0 Å². The molecule has 0 radical (unpaired) electrons. The molecule has 3 N–H and O–H groups in total. The van der Waals surface area contributed by atoms with Crippen LogP contribution < -0.4 is 5.32 Å². The lowest BCUT2D eigenvalue weighted by molar-refractivity contribution is 0.290. The zero-order valence-electron chi connectivity index (χ0n) is 16.5. The Hall–Kier alpha value is -2.88. The molecule has 3 heteroatoms. The van der Waals surface area contributed by atoms with Gasteiger partial charge in [0.25, 0.3) is 0 Å². The van der Waals surface area contributed by atoms with Crippen LogP contribution in [0.1, 0.15) is 41.0 Å². The SMILES string of the molecule is OCCC/C(=C(\c1ccc(O)cc1)c1ccc(C2CNC2)cc1)c1ccccc1. The number of aliphatic hydroxyl groups is 1. The molecule has 148 valence electrons. The summed E-state index contributed by atoms with van der Waals surface area (Å²) in [5.41, 5.74) is 7.12. The second-order valence-corrected chi connectivity index (χ2v) is 7.57. The second-order valence-electron chi connectivity index (χ2n) is 7.57. The number of hydrogen-bond acceptors (Lipinski definition) is 3. The number of allylic oxidation sites excluding steroid dienone is 1. The summed E-state index contributed by atoms with van der Waals surface area (Å²) >= 11 is 0. The zero-order chi connectivity index (χ0) is 20.1. The molecule has 1 saturated heterocycles. The van der Waals surface area contributed by atoms with Gasteiger partial charge in [-0.1, -0.05) is 66.7 Å². The van der Waals surface area contributed by atoms with Crippen molar-refractivity contribution < 1.29 is 10.2 Å². The van der Waals surface area contributed by atoms with E-state index in [1.54, 1.807) is 12.1 Å². The lowest BCUT2D eigenvalue weighted by atomic mass is 9.85. The first-order valence-corrected chi connectivity index (χ1v) is 10.3. The van der Waals surface area contributed by atoms with Crippen LogP contribution in [0.4, 0.5) is 0 Å². The van der Waals surface area contributed by atoms with Gasteiger partial charge in [-0.15, -0.1) is 0 Å². The van der Waals surface area contributed by atoms with E-state index in [1.807, 2.05) is 18.2 Å². The van der Waals surface area contributed by atoms with Gasteiger partial charge in [-0.3, -0.25) is 0 Å². The Labute approximate surface area is 172 Å². The van der Waals surface area contributed by atoms with Crippen LogP contribution in [0.5, 0.6) is 5.75 Å². The van der Waals surface area contributed by atoms with Crippen LogP contribution in [0.3, 0.4) is 0 Å². The molecule has 0 aliphatic carbocycles. The molecule has 1 aliphatic rings. The molecule has 0 bridgehead atoms. The summed E-state index contributed by atoms with van der Waals surface area (Å²) in [4.78, 5) is 0. The maximum Gasteiger partial charge on any atom is 0.115 e. The molecule has 0 spiro atoms. The Morgan fingerprint density at radius 1 is 0.793 bits per heavy atom. The third-order valence-electron chi connectivity index (χ3n) is 5.62. The molecule has 3 nitrogen and oxygen atoms in total. The van der Waals surface area contributed by atoms with Crippen LogP contribution in [0.15, 0.2) is 78.9 Å². The number of rotatable bonds is 7. The first-order valence-electron chi connectivity index (χ1n) is 10.3. The van der Waals surface area contributed by atoms with E-state index in [1.165, 1.54) is 11.1 Å². The van der Waals surface area contributed by atoms with Crippen molar-refractivity contribution in [2.24, 2.45) is 0 Å². The van der Waals surface area contributed by atoms with E-state index >= 15 is 0 Å². The average molecular weight is 386 g/mol. The Morgan fingerprint density at radius 2 is 1.41 bits per heavy atom. The summed E-state index contributed by atoms with van der Waals surface area (Å²) in [5, 5.41) is 22.6. The number of aromatic hydroxyl groups is 1. The van der Waals surface area contributed by atoms with Crippen LogP contribution in [0.25, 0.3) is 11.1 Å². The van der Waals surface area contributed by atoms with Crippen LogP contribution in [0.2, 0.25) is 0 Å². The molecule has 0 atom stereocenters. The highest BCUT2D eigenvalue weighted by molar-refractivity contribution is 5.98. The van der Waals surface area contributed by atoms with Crippen molar-refractivity contribution in [3.05, 3.63) is 101 Å². The van der Waals surface area contributed by atoms with Crippen molar-refractivity contribution >= 4 is 11.1 Å². The molecular weight excluding hydrogens is 358 g/mol. The number of nitrogens with one attached hydrogen (secondary N) is 1. The van der Waals surface area contributed by atoms with Gasteiger partial charge in [0.15, 0.2) is 0 Å². The zero-order valence-corrected chi connectivity index (χ0v) is 16.5. The first-order chi connectivity index (χ1) is 14.3. The highest BCUT2D eigenvalue weighted by atomic mass is 16.3. The summed E-state index contributed by atoms with van der Waals surface area (Å²) in [5.74, 6) is 0.866. The minimum Gasteiger partial charge on any atom is -0.508 e. The maximum absolute atomic E-state index is 9.78. The lowest BCUT2D eigenvalue weighted by Crippen LogP contribution is -2.39. The first kappa shape index (κ1) is 19.4. The number of phenolic OH excluding ortho intramolecular Hbond substituents is 1. The van der Waals surface area contributed by atoms with E-state index in [2.05, 4.69) is 53.8 Å². The van der Waals surface area contributed by atoms with Gasteiger partial charge >= 0.3 is 0 Å². The van der Waals surface area contributed by atoms with Gasteiger partial charge in [-0.05, 0) is 58.4 Å².